The standard InChI is InChI=1S/C15H15Cl2NO5/c1-20-4-5-21-6-7-22-15(19)12-9-18-23-14(12)11-3-2-10(16)8-13(11)17/h2-3,8-9H,4-7H2,1H3. The maximum absolute atomic E-state index is 12.1. The number of nitrogens with zero attached hydrogens (tertiary/aromatic N) is 1. The van der Waals surface area contributed by atoms with Gasteiger partial charge in [-0.25, -0.2) is 4.79 Å². The fourth-order valence-corrected chi connectivity index (χ4v) is 2.26. The summed E-state index contributed by atoms with van der Waals surface area (Å²) in [5.74, 6) is -0.334. The second-order valence-corrected chi connectivity index (χ2v) is 5.28. The molecule has 6 nitrogen and oxygen atoms in total. The molecule has 0 N–H and O–H groups in total. The van der Waals surface area contributed by atoms with E-state index < -0.39 is 5.97 Å². The minimum Gasteiger partial charge on any atom is -0.459 e. The lowest BCUT2D eigenvalue weighted by atomic mass is 10.1. The van der Waals surface area contributed by atoms with Crippen LogP contribution in [0.2, 0.25) is 10.0 Å². The van der Waals surface area contributed by atoms with Gasteiger partial charge in [0.25, 0.3) is 0 Å². The summed E-state index contributed by atoms with van der Waals surface area (Å²) in [5, 5.41) is 4.47. The lowest BCUT2D eigenvalue weighted by Gasteiger charge is -2.06. The summed E-state index contributed by atoms with van der Waals surface area (Å²) in [6.07, 6.45) is 1.29. The summed E-state index contributed by atoms with van der Waals surface area (Å²) in [6.45, 7) is 1.31. The molecule has 0 saturated carbocycles. The fraction of sp³-hybridized carbons (Fsp3) is 0.333. The quantitative estimate of drug-likeness (QED) is 0.530. The Kier molecular flexibility index (Phi) is 6.85. The van der Waals surface area contributed by atoms with Crippen molar-refractivity contribution < 1.29 is 23.5 Å². The summed E-state index contributed by atoms with van der Waals surface area (Å²) in [7, 11) is 1.58. The molecule has 2 rings (SSSR count). The molecule has 124 valence electrons. The second-order valence-electron chi connectivity index (χ2n) is 4.43. The van der Waals surface area contributed by atoms with E-state index in [4.69, 9.17) is 41.9 Å². The first-order valence-corrected chi connectivity index (χ1v) is 7.53. The van der Waals surface area contributed by atoms with Gasteiger partial charge in [0.15, 0.2) is 5.76 Å². The minimum absolute atomic E-state index is 0.113. The molecule has 23 heavy (non-hydrogen) atoms. The van der Waals surface area contributed by atoms with Crippen molar-refractivity contribution in [2.75, 3.05) is 33.5 Å². The zero-order valence-corrected chi connectivity index (χ0v) is 13.9. The number of rotatable bonds is 8. The van der Waals surface area contributed by atoms with Crippen LogP contribution in [0.4, 0.5) is 0 Å². The van der Waals surface area contributed by atoms with Crippen LogP contribution >= 0.6 is 23.2 Å². The van der Waals surface area contributed by atoms with E-state index in [1.54, 1.807) is 25.3 Å². The van der Waals surface area contributed by atoms with Crippen LogP contribution in [0, 0.1) is 0 Å². The highest BCUT2D eigenvalue weighted by atomic mass is 35.5. The predicted octanol–water partition coefficient (Wildman–Crippen LogP) is 3.47. The Morgan fingerprint density at radius 1 is 1.22 bits per heavy atom. The van der Waals surface area contributed by atoms with Crippen LogP contribution in [-0.4, -0.2) is 44.7 Å². The van der Waals surface area contributed by atoms with Crippen LogP contribution in [0.1, 0.15) is 10.4 Å². The topological polar surface area (TPSA) is 70.8 Å². The van der Waals surface area contributed by atoms with Gasteiger partial charge < -0.3 is 18.7 Å². The monoisotopic (exact) mass is 359 g/mol. The molecule has 0 atom stereocenters. The van der Waals surface area contributed by atoms with E-state index >= 15 is 0 Å². The number of halogens is 2. The molecule has 0 aliphatic carbocycles. The van der Waals surface area contributed by atoms with Gasteiger partial charge in [-0.05, 0) is 18.2 Å². The first-order chi connectivity index (χ1) is 11.1. The van der Waals surface area contributed by atoms with E-state index in [1.165, 1.54) is 6.20 Å². The number of hydrogen-bond donors (Lipinski definition) is 0. The van der Waals surface area contributed by atoms with Crippen molar-refractivity contribution >= 4 is 29.2 Å². The highest BCUT2D eigenvalue weighted by Crippen LogP contribution is 2.32. The highest BCUT2D eigenvalue weighted by Gasteiger charge is 2.21. The van der Waals surface area contributed by atoms with Crippen molar-refractivity contribution in [2.24, 2.45) is 0 Å². The molecule has 1 heterocycles. The van der Waals surface area contributed by atoms with Crippen LogP contribution in [0.15, 0.2) is 28.9 Å². The van der Waals surface area contributed by atoms with Gasteiger partial charge in [0.1, 0.15) is 12.2 Å². The van der Waals surface area contributed by atoms with E-state index in [0.717, 1.165) is 0 Å². The van der Waals surface area contributed by atoms with Crippen molar-refractivity contribution in [3.8, 4) is 11.3 Å². The highest BCUT2D eigenvalue weighted by molar-refractivity contribution is 6.36. The molecule has 0 aliphatic heterocycles. The summed E-state index contributed by atoms with van der Waals surface area (Å²) < 4.78 is 20.3. The largest absolute Gasteiger partial charge is 0.459 e. The molecule has 0 saturated heterocycles. The van der Waals surface area contributed by atoms with Crippen molar-refractivity contribution in [1.82, 2.24) is 5.16 Å². The zero-order valence-electron chi connectivity index (χ0n) is 12.4. The molecule has 8 heteroatoms. The number of carbonyl (C=O) groups is 1. The third-order valence-electron chi connectivity index (χ3n) is 2.86. The fourth-order valence-electron chi connectivity index (χ4n) is 1.77. The van der Waals surface area contributed by atoms with Crippen LogP contribution in [0.25, 0.3) is 11.3 Å². The zero-order chi connectivity index (χ0) is 16.7. The third kappa shape index (κ3) is 4.94. The van der Waals surface area contributed by atoms with E-state index in [-0.39, 0.29) is 24.5 Å². The maximum Gasteiger partial charge on any atom is 0.343 e. The van der Waals surface area contributed by atoms with Crippen LogP contribution in [-0.2, 0) is 14.2 Å². The number of ether oxygens (including phenoxy) is 3. The molecule has 0 aliphatic rings. The van der Waals surface area contributed by atoms with Gasteiger partial charge in [0, 0.05) is 17.7 Å². The van der Waals surface area contributed by atoms with Gasteiger partial charge in [-0.2, -0.15) is 0 Å². The lowest BCUT2D eigenvalue weighted by molar-refractivity contribution is 0.0214. The number of carbonyl (C=O) groups excluding carboxylic acids is 1. The Balaban J connectivity index is 1.99. The number of esters is 1. The number of aromatic nitrogens is 1. The summed E-state index contributed by atoms with van der Waals surface area (Å²) in [6, 6.07) is 4.85. The molecule has 1 aromatic carbocycles. The Hall–Kier alpha value is -1.60. The van der Waals surface area contributed by atoms with Crippen LogP contribution < -0.4 is 0 Å². The number of benzene rings is 1. The molecule has 0 spiro atoms. The molecular weight excluding hydrogens is 345 g/mol. The van der Waals surface area contributed by atoms with Crippen molar-refractivity contribution in [1.29, 1.82) is 0 Å². The lowest BCUT2D eigenvalue weighted by Crippen LogP contribution is -2.12. The van der Waals surface area contributed by atoms with E-state index in [1.807, 2.05) is 0 Å². The summed E-state index contributed by atoms with van der Waals surface area (Å²) in [5.41, 5.74) is 0.697. The van der Waals surface area contributed by atoms with E-state index in [9.17, 15) is 4.79 Å². The number of methoxy groups -OCH3 is 1. The SMILES string of the molecule is COCCOCCOC(=O)c1cnoc1-c1ccc(Cl)cc1Cl. The van der Waals surface area contributed by atoms with Crippen molar-refractivity contribution in [3.63, 3.8) is 0 Å². The van der Waals surface area contributed by atoms with E-state index in [0.29, 0.717) is 28.8 Å². The van der Waals surface area contributed by atoms with Gasteiger partial charge in [0.05, 0.1) is 31.0 Å². The Morgan fingerprint density at radius 3 is 2.74 bits per heavy atom. The first-order valence-electron chi connectivity index (χ1n) is 6.77. The summed E-state index contributed by atoms with van der Waals surface area (Å²) in [4.78, 5) is 12.1. The van der Waals surface area contributed by atoms with Gasteiger partial charge >= 0.3 is 5.97 Å². The molecule has 0 unspecified atom stereocenters. The van der Waals surface area contributed by atoms with Crippen molar-refractivity contribution in [2.45, 2.75) is 0 Å². The van der Waals surface area contributed by atoms with Gasteiger partial charge in [0.2, 0.25) is 0 Å². The molecule has 0 amide bonds. The molecule has 2 aromatic rings. The normalized spacial score (nSPS) is 10.7. The summed E-state index contributed by atoms with van der Waals surface area (Å²) >= 11 is 12.0. The molecule has 0 bridgehead atoms. The number of hydrogen-bond acceptors (Lipinski definition) is 6. The van der Waals surface area contributed by atoms with Crippen LogP contribution in [0.5, 0.6) is 0 Å². The molecule has 0 radical (unpaired) electrons. The molecule has 0 fully saturated rings. The Morgan fingerprint density at radius 2 is 2.00 bits per heavy atom. The first kappa shape index (κ1) is 17.7. The predicted molar refractivity (Wildman–Crippen MR) is 84.9 cm³/mol. The smallest absolute Gasteiger partial charge is 0.343 e. The third-order valence-corrected chi connectivity index (χ3v) is 3.41. The minimum atomic E-state index is -0.567. The second kappa shape index (κ2) is 8.88. The molecule has 1 aromatic heterocycles. The van der Waals surface area contributed by atoms with Gasteiger partial charge in [-0.1, -0.05) is 28.4 Å². The van der Waals surface area contributed by atoms with Gasteiger partial charge in [-0.15, -0.1) is 0 Å². The maximum atomic E-state index is 12.1. The van der Waals surface area contributed by atoms with Gasteiger partial charge in [-0.3, -0.25) is 0 Å². The van der Waals surface area contributed by atoms with E-state index in [2.05, 4.69) is 5.16 Å². The van der Waals surface area contributed by atoms with Crippen LogP contribution in [0.3, 0.4) is 0 Å². The van der Waals surface area contributed by atoms with Crippen molar-refractivity contribution in [3.05, 3.63) is 40.0 Å². The Bertz CT molecular complexity index is 659. The molecular formula is C15H15Cl2NO5. The average Bonchev–Trinajstić information content (AvgIpc) is 3.00. The average molecular weight is 360 g/mol. The Labute approximate surface area is 143 Å².